The van der Waals surface area contributed by atoms with Gasteiger partial charge < -0.3 is 15.0 Å². The van der Waals surface area contributed by atoms with E-state index >= 15 is 0 Å². The minimum atomic E-state index is 0.532. The minimum Gasteiger partial charge on any atom is -0.497 e. The van der Waals surface area contributed by atoms with Crippen LogP contribution in [0.25, 0.3) is 0 Å². The number of piperidine rings is 1. The number of hydrogen-bond donors (Lipinski definition) is 1. The highest BCUT2D eigenvalue weighted by Crippen LogP contribution is 2.36. The Morgan fingerprint density at radius 2 is 1.92 bits per heavy atom. The summed E-state index contributed by atoms with van der Waals surface area (Å²) >= 11 is 0. The average Bonchev–Trinajstić information content (AvgIpc) is 3.26. The van der Waals surface area contributed by atoms with Crippen LogP contribution >= 0.6 is 0 Å². The van der Waals surface area contributed by atoms with Gasteiger partial charge in [0.1, 0.15) is 5.75 Å². The molecule has 0 aliphatic carbocycles. The molecule has 4 nitrogen and oxygen atoms in total. The Bertz CT molecular complexity index is 561. The van der Waals surface area contributed by atoms with Crippen LogP contribution in [0.4, 0.5) is 0 Å². The van der Waals surface area contributed by atoms with E-state index in [1.807, 2.05) is 0 Å². The smallest absolute Gasteiger partial charge is 0.118 e. The summed E-state index contributed by atoms with van der Waals surface area (Å²) in [5.41, 5.74) is 1.43. The van der Waals surface area contributed by atoms with Crippen molar-refractivity contribution < 1.29 is 4.74 Å². The Morgan fingerprint density at radius 1 is 1.08 bits per heavy atom. The molecule has 25 heavy (non-hydrogen) atoms. The molecular weight excluding hydrogens is 310 g/mol. The Hall–Kier alpha value is -1.10. The number of nitrogens with one attached hydrogen (secondary N) is 1. The molecule has 3 heterocycles. The van der Waals surface area contributed by atoms with Gasteiger partial charge in [0.2, 0.25) is 0 Å². The van der Waals surface area contributed by atoms with Crippen LogP contribution in [0.3, 0.4) is 0 Å². The molecule has 4 atom stereocenters. The molecule has 4 rings (SSSR count). The molecule has 0 amide bonds. The molecule has 4 heteroatoms. The maximum Gasteiger partial charge on any atom is 0.118 e. The van der Waals surface area contributed by atoms with Gasteiger partial charge in [-0.15, -0.1) is 0 Å². The van der Waals surface area contributed by atoms with Gasteiger partial charge in [-0.3, -0.25) is 4.90 Å². The van der Waals surface area contributed by atoms with Crippen molar-refractivity contribution in [1.82, 2.24) is 15.1 Å². The van der Waals surface area contributed by atoms with E-state index in [0.29, 0.717) is 12.0 Å². The van der Waals surface area contributed by atoms with Crippen LogP contribution in [-0.2, 0) is 0 Å². The van der Waals surface area contributed by atoms with Crippen molar-refractivity contribution >= 4 is 0 Å². The zero-order chi connectivity index (χ0) is 17.2. The third kappa shape index (κ3) is 3.71. The third-order valence-electron chi connectivity index (χ3n) is 6.72. The molecule has 0 saturated carbocycles. The summed E-state index contributed by atoms with van der Waals surface area (Å²) in [4.78, 5) is 5.23. The predicted molar refractivity (Wildman–Crippen MR) is 102 cm³/mol. The van der Waals surface area contributed by atoms with Crippen LogP contribution in [0, 0.1) is 5.92 Å². The molecule has 1 aromatic carbocycles. The molecule has 0 unspecified atom stereocenters. The van der Waals surface area contributed by atoms with Crippen LogP contribution in [0.1, 0.15) is 43.7 Å². The number of likely N-dealkylation sites (tertiary alicyclic amines) is 1. The molecule has 0 radical (unpaired) electrons. The number of methoxy groups -OCH3 is 1. The van der Waals surface area contributed by atoms with Gasteiger partial charge >= 0.3 is 0 Å². The lowest BCUT2D eigenvalue weighted by Gasteiger charge is -2.36. The van der Waals surface area contributed by atoms with Crippen molar-refractivity contribution in [2.24, 2.45) is 5.92 Å². The van der Waals surface area contributed by atoms with Gasteiger partial charge in [0.15, 0.2) is 0 Å². The number of benzene rings is 1. The van der Waals surface area contributed by atoms with E-state index < -0.39 is 0 Å². The Kier molecular flexibility index (Phi) is 5.30. The van der Waals surface area contributed by atoms with Crippen molar-refractivity contribution in [2.45, 2.75) is 50.2 Å². The van der Waals surface area contributed by atoms with E-state index in [0.717, 1.165) is 24.4 Å². The molecule has 3 aliphatic rings. The first kappa shape index (κ1) is 17.3. The second kappa shape index (κ2) is 7.65. The molecule has 1 N–H and O–H groups in total. The van der Waals surface area contributed by atoms with E-state index in [1.54, 1.807) is 7.11 Å². The summed E-state index contributed by atoms with van der Waals surface area (Å²) in [6, 6.07) is 10.8. The average molecular weight is 344 g/mol. The van der Waals surface area contributed by atoms with Crippen LogP contribution in [0.2, 0.25) is 0 Å². The van der Waals surface area contributed by atoms with Crippen LogP contribution in [-0.4, -0.2) is 62.2 Å². The molecule has 3 aliphatic heterocycles. The predicted octanol–water partition coefficient (Wildman–Crippen LogP) is 2.90. The monoisotopic (exact) mass is 343 g/mol. The lowest BCUT2D eigenvalue weighted by molar-refractivity contribution is 0.162. The first-order chi connectivity index (χ1) is 12.2. The highest BCUT2D eigenvalue weighted by Gasteiger charge is 2.35. The largest absolute Gasteiger partial charge is 0.497 e. The van der Waals surface area contributed by atoms with Gasteiger partial charge in [0, 0.05) is 24.7 Å². The summed E-state index contributed by atoms with van der Waals surface area (Å²) in [5.74, 6) is 1.66. The Labute approximate surface area is 152 Å². The summed E-state index contributed by atoms with van der Waals surface area (Å²) in [7, 11) is 4.00. The zero-order valence-electron chi connectivity index (χ0n) is 15.8. The Morgan fingerprint density at radius 3 is 2.72 bits per heavy atom. The lowest BCUT2D eigenvalue weighted by atomic mass is 9.92. The molecule has 1 aromatic rings. The maximum atomic E-state index is 5.32. The van der Waals surface area contributed by atoms with E-state index in [2.05, 4.69) is 46.4 Å². The quantitative estimate of drug-likeness (QED) is 0.890. The van der Waals surface area contributed by atoms with Crippen LogP contribution in [0.5, 0.6) is 5.75 Å². The fraction of sp³-hybridized carbons (Fsp3) is 0.714. The number of hydrogen-bond acceptors (Lipinski definition) is 4. The minimum absolute atomic E-state index is 0.532. The number of rotatable bonds is 5. The second-order valence-electron chi connectivity index (χ2n) is 8.21. The van der Waals surface area contributed by atoms with Crippen molar-refractivity contribution in [2.75, 3.05) is 40.3 Å². The van der Waals surface area contributed by atoms with Crippen molar-refractivity contribution in [3.8, 4) is 5.75 Å². The SMILES string of the molecule is COc1ccc([C@@H]2[C@H](CN[C@H]3CCN4CCC[C@H]4C3)CCN2C)cc1. The van der Waals surface area contributed by atoms with Crippen LogP contribution < -0.4 is 10.1 Å². The molecule has 0 spiro atoms. The normalized spacial score (nSPS) is 33.5. The van der Waals surface area contributed by atoms with Gasteiger partial charge in [-0.25, -0.2) is 0 Å². The summed E-state index contributed by atoms with van der Waals surface area (Å²) in [6.45, 7) is 4.99. The van der Waals surface area contributed by atoms with Crippen molar-refractivity contribution in [1.29, 1.82) is 0 Å². The Balaban J connectivity index is 1.35. The molecule has 3 saturated heterocycles. The fourth-order valence-electron chi connectivity index (χ4n) is 5.30. The maximum absolute atomic E-state index is 5.32. The molecule has 3 fully saturated rings. The lowest BCUT2D eigenvalue weighted by Crippen LogP contribution is -2.47. The molecule has 138 valence electrons. The van der Waals surface area contributed by atoms with Gasteiger partial charge in [-0.1, -0.05) is 12.1 Å². The number of fused-ring (bicyclic) bond motifs is 1. The third-order valence-corrected chi connectivity index (χ3v) is 6.72. The van der Waals surface area contributed by atoms with Crippen LogP contribution in [0.15, 0.2) is 24.3 Å². The second-order valence-corrected chi connectivity index (χ2v) is 8.21. The van der Waals surface area contributed by atoms with E-state index in [-0.39, 0.29) is 0 Å². The number of nitrogens with zero attached hydrogens (tertiary/aromatic N) is 2. The molecule has 0 bridgehead atoms. The summed E-state index contributed by atoms with van der Waals surface area (Å²) in [5, 5.41) is 3.94. The standard InChI is InChI=1S/C21H33N3O/c1-23-12-9-17(21(23)16-5-7-20(25-2)8-6-16)15-22-18-10-13-24-11-3-4-19(24)14-18/h5-8,17-19,21-22H,3-4,9-15H2,1-2H3/t17-,18-,19-,21+/m0/s1. The number of ether oxygens (including phenoxy) is 1. The van der Waals surface area contributed by atoms with Gasteiger partial charge in [0.25, 0.3) is 0 Å². The fourth-order valence-corrected chi connectivity index (χ4v) is 5.30. The first-order valence-corrected chi connectivity index (χ1v) is 10.1. The highest BCUT2D eigenvalue weighted by atomic mass is 16.5. The summed E-state index contributed by atoms with van der Waals surface area (Å²) in [6.07, 6.45) is 6.80. The van der Waals surface area contributed by atoms with E-state index in [4.69, 9.17) is 4.74 Å². The van der Waals surface area contributed by atoms with Crippen molar-refractivity contribution in [3.05, 3.63) is 29.8 Å². The topological polar surface area (TPSA) is 27.7 Å². The van der Waals surface area contributed by atoms with Gasteiger partial charge in [0.05, 0.1) is 7.11 Å². The van der Waals surface area contributed by atoms with E-state index in [9.17, 15) is 0 Å². The first-order valence-electron chi connectivity index (χ1n) is 10.1. The zero-order valence-corrected chi connectivity index (χ0v) is 15.8. The van der Waals surface area contributed by atoms with Gasteiger partial charge in [-0.05, 0) is 82.4 Å². The van der Waals surface area contributed by atoms with E-state index in [1.165, 1.54) is 57.3 Å². The highest BCUT2D eigenvalue weighted by molar-refractivity contribution is 5.30. The van der Waals surface area contributed by atoms with Gasteiger partial charge in [-0.2, -0.15) is 0 Å². The summed E-state index contributed by atoms with van der Waals surface area (Å²) < 4.78 is 5.32. The molecular formula is C21H33N3O. The van der Waals surface area contributed by atoms with Crippen molar-refractivity contribution in [3.63, 3.8) is 0 Å². The molecule has 0 aromatic heterocycles.